The molecule has 0 atom stereocenters. The van der Waals surface area contributed by atoms with Crippen LogP contribution in [-0.2, 0) is 33.8 Å². The minimum Gasteiger partial charge on any atom is -0.464 e. The molecule has 29 heavy (non-hydrogen) atoms. The van der Waals surface area contributed by atoms with E-state index in [4.69, 9.17) is 13.9 Å². The second-order valence-corrected chi connectivity index (χ2v) is 7.22. The smallest absolute Gasteiger partial charge is 0.224 e. The maximum atomic E-state index is 12.4. The Kier molecular flexibility index (Phi) is 7.44. The zero-order valence-electron chi connectivity index (χ0n) is 17.4. The summed E-state index contributed by atoms with van der Waals surface area (Å²) < 4.78 is 16.5. The monoisotopic (exact) mass is 395 g/mol. The van der Waals surface area contributed by atoms with Crippen LogP contribution in [0.15, 0.2) is 47.1 Å². The van der Waals surface area contributed by atoms with Crippen LogP contribution in [0.5, 0.6) is 0 Å². The summed E-state index contributed by atoms with van der Waals surface area (Å²) in [4.78, 5) is 12.4. The minimum atomic E-state index is -0.0238. The summed E-state index contributed by atoms with van der Waals surface area (Å²) in [5.74, 6) is -0.0238. The molecule has 0 spiro atoms. The Morgan fingerprint density at radius 3 is 2.62 bits per heavy atom. The number of carbonyl (C=O) groups excluding carboxylic acids is 1. The Labute approximate surface area is 172 Å². The van der Waals surface area contributed by atoms with E-state index in [0.717, 1.165) is 27.7 Å². The standard InChI is InChI=1S/C24H29NO4/c1-4-27-8-9-28-15-20-7-5-6-19(12-20)14-25-24(26)13-21-16-29-23-11-18(3)17(2)10-22(21)23/h5-7,10-12,16H,4,8-9,13-15H2,1-3H3,(H,25,26). The van der Waals surface area contributed by atoms with Crippen molar-refractivity contribution in [3.05, 3.63) is 70.5 Å². The average Bonchev–Trinajstić information content (AvgIpc) is 3.08. The maximum absolute atomic E-state index is 12.4. The normalized spacial score (nSPS) is 11.1. The lowest BCUT2D eigenvalue weighted by Gasteiger charge is -2.08. The molecule has 0 aliphatic heterocycles. The summed E-state index contributed by atoms with van der Waals surface area (Å²) in [5, 5.41) is 4.01. The molecule has 2 aromatic carbocycles. The van der Waals surface area contributed by atoms with Gasteiger partial charge in [-0.1, -0.05) is 24.3 Å². The molecule has 1 aromatic heterocycles. The van der Waals surface area contributed by atoms with E-state index in [9.17, 15) is 4.79 Å². The Morgan fingerprint density at radius 2 is 1.79 bits per heavy atom. The summed E-state index contributed by atoms with van der Waals surface area (Å²) in [6.45, 7) is 9.00. The van der Waals surface area contributed by atoms with E-state index in [2.05, 4.69) is 31.3 Å². The van der Waals surface area contributed by atoms with Gasteiger partial charge in [-0.15, -0.1) is 0 Å². The Morgan fingerprint density at radius 1 is 1.03 bits per heavy atom. The van der Waals surface area contributed by atoms with Crippen molar-refractivity contribution in [1.29, 1.82) is 0 Å². The SMILES string of the molecule is CCOCCOCc1cccc(CNC(=O)Cc2coc3cc(C)c(C)cc23)c1. The molecule has 154 valence electrons. The van der Waals surface area contributed by atoms with Crippen LogP contribution in [0.1, 0.15) is 34.7 Å². The van der Waals surface area contributed by atoms with Crippen molar-refractivity contribution in [1.82, 2.24) is 5.32 Å². The molecule has 0 unspecified atom stereocenters. The third kappa shape index (κ3) is 5.92. The second-order valence-electron chi connectivity index (χ2n) is 7.22. The number of furan rings is 1. The largest absolute Gasteiger partial charge is 0.464 e. The van der Waals surface area contributed by atoms with Crippen LogP contribution >= 0.6 is 0 Å². The second kappa shape index (κ2) is 10.2. The first kappa shape index (κ1) is 21.1. The third-order valence-corrected chi connectivity index (χ3v) is 4.95. The zero-order chi connectivity index (χ0) is 20.6. The Balaban J connectivity index is 1.52. The summed E-state index contributed by atoms with van der Waals surface area (Å²) >= 11 is 0. The summed E-state index contributed by atoms with van der Waals surface area (Å²) in [7, 11) is 0. The number of amides is 1. The van der Waals surface area contributed by atoms with Gasteiger partial charge < -0.3 is 19.2 Å². The quantitative estimate of drug-likeness (QED) is 0.515. The molecule has 0 aliphatic rings. The minimum absolute atomic E-state index is 0.0238. The fraction of sp³-hybridized carbons (Fsp3) is 0.375. The van der Waals surface area contributed by atoms with Crippen molar-refractivity contribution in [2.75, 3.05) is 19.8 Å². The van der Waals surface area contributed by atoms with E-state index in [1.807, 2.05) is 31.2 Å². The van der Waals surface area contributed by atoms with E-state index in [0.29, 0.717) is 39.4 Å². The lowest BCUT2D eigenvalue weighted by Crippen LogP contribution is -2.24. The number of ether oxygens (including phenoxy) is 2. The summed E-state index contributed by atoms with van der Waals surface area (Å²) in [6, 6.07) is 12.2. The van der Waals surface area contributed by atoms with Gasteiger partial charge in [-0.2, -0.15) is 0 Å². The molecule has 0 saturated carbocycles. The molecule has 5 heteroatoms. The zero-order valence-corrected chi connectivity index (χ0v) is 17.4. The highest BCUT2D eigenvalue weighted by atomic mass is 16.5. The average molecular weight is 395 g/mol. The number of benzene rings is 2. The molecule has 1 N–H and O–H groups in total. The van der Waals surface area contributed by atoms with Crippen molar-refractivity contribution < 1.29 is 18.7 Å². The first-order valence-electron chi connectivity index (χ1n) is 10.0. The fourth-order valence-electron chi connectivity index (χ4n) is 3.19. The number of hydrogen-bond acceptors (Lipinski definition) is 4. The molecule has 0 radical (unpaired) electrons. The van der Waals surface area contributed by atoms with Crippen LogP contribution in [0, 0.1) is 13.8 Å². The number of carbonyl (C=O) groups is 1. The van der Waals surface area contributed by atoms with Crippen molar-refractivity contribution in [2.45, 2.75) is 40.3 Å². The van der Waals surface area contributed by atoms with Gasteiger partial charge in [0, 0.05) is 24.1 Å². The Hall–Kier alpha value is -2.63. The number of aryl methyl sites for hydroxylation is 2. The van der Waals surface area contributed by atoms with Crippen LogP contribution < -0.4 is 5.32 Å². The lowest BCUT2D eigenvalue weighted by atomic mass is 10.0. The van der Waals surface area contributed by atoms with E-state index in [1.54, 1.807) is 6.26 Å². The van der Waals surface area contributed by atoms with Crippen LogP contribution in [0.4, 0.5) is 0 Å². The van der Waals surface area contributed by atoms with Crippen molar-refractivity contribution in [3.63, 3.8) is 0 Å². The van der Waals surface area contributed by atoms with E-state index in [-0.39, 0.29) is 5.91 Å². The fourth-order valence-corrected chi connectivity index (χ4v) is 3.19. The number of hydrogen-bond donors (Lipinski definition) is 1. The first-order chi connectivity index (χ1) is 14.1. The van der Waals surface area contributed by atoms with E-state index < -0.39 is 0 Å². The van der Waals surface area contributed by atoms with Crippen LogP contribution in [-0.4, -0.2) is 25.7 Å². The van der Waals surface area contributed by atoms with Gasteiger partial charge >= 0.3 is 0 Å². The van der Waals surface area contributed by atoms with Gasteiger partial charge in [-0.05, 0) is 55.2 Å². The van der Waals surface area contributed by atoms with E-state index >= 15 is 0 Å². The number of rotatable bonds is 10. The molecule has 1 amide bonds. The van der Waals surface area contributed by atoms with Gasteiger partial charge in [0.2, 0.25) is 5.91 Å². The van der Waals surface area contributed by atoms with Gasteiger partial charge in [-0.3, -0.25) is 4.79 Å². The molecule has 1 heterocycles. The Bertz CT molecular complexity index is 961. The lowest BCUT2D eigenvalue weighted by molar-refractivity contribution is -0.120. The highest BCUT2D eigenvalue weighted by Crippen LogP contribution is 2.25. The van der Waals surface area contributed by atoms with Crippen LogP contribution in [0.2, 0.25) is 0 Å². The predicted molar refractivity (Wildman–Crippen MR) is 114 cm³/mol. The van der Waals surface area contributed by atoms with Gasteiger partial charge in [0.25, 0.3) is 0 Å². The van der Waals surface area contributed by atoms with E-state index in [1.165, 1.54) is 11.1 Å². The summed E-state index contributed by atoms with van der Waals surface area (Å²) in [5.41, 5.74) is 6.25. The molecule has 5 nitrogen and oxygen atoms in total. The van der Waals surface area contributed by atoms with Gasteiger partial charge in [0.1, 0.15) is 5.58 Å². The maximum Gasteiger partial charge on any atom is 0.224 e. The number of nitrogens with one attached hydrogen (secondary N) is 1. The molecular weight excluding hydrogens is 366 g/mol. The highest BCUT2D eigenvalue weighted by molar-refractivity contribution is 5.88. The first-order valence-corrected chi connectivity index (χ1v) is 10.0. The molecule has 0 fully saturated rings. The predicted octanol–water partition coefficient (Wildman–Crippen LogP) is 4.46. The molecule has 3 aromatic rings. The van der Waals surface area contributed by atoms with Crippen molar-refractivity contribution in [2.24, 2.45) is 0 Å². The third-order valence-electron chi connectivity index (χ3n) is 4.95. The molecule has 0 aliphatic carbocycles. The van der Waals surface area contributed by atoms with Crippen molar-refractivity contribution >= 4 is 16.9 Å². The topological polar surface area (TPSA) is 60.7 Å². The summed E-state index contributed by atoms with van der Waals surface area (Å²) in [6.07, 6.45) is 1.99. The van der Waals surface area contributed by atoms with Gasteiger partial charge in [0.15, 0.2) is 0 Å². The van der Waals surface area contributed by atoms with Crippen LogP contribution in [0.3, 0.4) is 0 Å². The molecule has 0 bridgehead atoms. The van der Waals surface area contributed by atoms with Gasteiger partial charge in [-0.25, -0.2) is 0 Å². The highest BCUT2D eigenvalue weighted by Gasteiger charge is 2.11. The van der Waals surface area contributed by atoms with Crippen molar-refractivity contribution in [3.8, 4) is 0 Å². The van der Waals surface area contributed by atoms with Gasteiger partial charge in [0.05, 0.1) is 32.5 Å². The molecule has 3 rings (SSSR count). The van der Waals surface area contributed by atoms with Crippen LogP contribution in [0.25, 0.3) is 11.0 Å². The molecule has 0 saturated heterocycles. The molecular formula is C24H29NO4. The number of fused-ring (bicyclic) bond motifs is 1.